The van der Waals surface area contributed by atoms with Crippen molar-refractivity contribution in [2.45, 2.75) is 45.4 Å². The number of hydrogen-bond donors (Lipinski definition) is 2. The number of guanidine groups is 1. The summed E-state index contributed by atoms with van der Waals surface area (Å²) in [5.74, 6) is 2.03. The summed E-state index contributed by atoms with van der Waals surface area (Å²) in [6.45, 7) is 9.90. The molecule has 1 unspecified atom stereocenters. The highest BCUT2D eigenvalue weighted by molar-refractivity contribution is 7.92. The van der Waals surface area contributed by atoms with E-state index in [4.69, 9.17) is 9.47 Å². The Labute approximate surface area is 163 Å². The molecule has 0 saturated carbocycles. The van der Waals surface area contributed by atoms with Gasteiger partial charge in [-0.25, -0.2) is 8.42 Å². The van der Waals surface area contributed by atoms with E-state index >= 15 is 0 Å². The van der Waals surface area contributed by atoms with Gasteiger partial charge in [0.2, 0.25) is 0 Å². The lowest BCUT2D eigenvalue weighted by Crippen LogP contribution is -2.39. The Kier molecular flexibility index (Phi) is 8.40. The van der Waals surface area contributed by atoms with Crippen LogP contribution in [-0.4, -0.2) is 52.2 Å². The molecule has 0 fully saturated rings. The van der Waals surface area contributed by atoms with Gasteiger partial charge in [0.15, 0.2) is 15.8 Å². The number of nitrogens with zero attached hydrogens (tertiary/aromatic N) is 1. The van der Waals surface area contributed by atoms with Crippen molar-refractivity contribution in [3.63, 3.8) is 0 Å². The van der Waals surface area contributed by atoms with E-state index in [9.17, 15) is 8.42 Å². The van der Waals surface area contributed by atoms with Crippen molar-refractivity contribution in [3.8, 4) is 11.5 Å². The van der Waals surface area contributed by atoms with Gasteiger partial charge in [-0.3, -0.25) is 4.99 Å². The van der Waals surface area contributed by atoms with E-state index in [0.29, 0.717) is 12.5 Å². The number of sulfone groups is 1. The van der Waals surface area contributed by atoms with E-state index in [1.54, 1.807) is 35.0 Å². The molecule has 1 atom stereocenters. The molecule has 0 radical (unpaired) electrons. The molecule has 154 valence electrons. The first-order chi connectivity index (χ1) is 12.6. The van der Waals surface area contributed by atoms with E-state index in [-0.39, 0.29) is 18.3 Å². The van der Waals surface area contributed by atoms with Gasteiger partial charge in [-0.15, -0.1) is 0 Å². The van der Waals surface area contributed by atoms with Gasteiger partial charge in [0.1, 0.15) is 11.5 Å². The number of methoxy groups -OCH3 is 2. The van der Waals surface area contributed by atoms with Gasteiger partial charge < -0.3 is 20.1 Å². The van der Waals surface area contributed by atoms with Crippen LogP contribution in [0.4, 0.5) is 0 Å². The molecular formula is C19H33N3O4S. The molecule has 2 N–H and O–H groups in total. The number of benzene rings is 1. The maximum Gasteiger partial charge on any atom is 0.191 e. The highest BCUT2D eigenvalue weighted by Crippen LogP contribution is 2.29. The summed E-state index contributed by atoms with van der Waals surface area (Å²) in [4.78, 5) is 4.42. The highest BCUT2D eigenvalue weighted by atomic mass is 32.2. The van der Waals surface area contributed by atoms with Gasteiger partial charge in [-0.05, 0) is 52.8 Å². The van der Waals surface area contributed by atoms with E-state index in [0.717, 1.165) is 17.1 Å². The molecule has 8 heteroatoms. The minimum atomic E-state index is -3.21. The van der Waals surface area contributed by atoms with Crippen molar-refractivity contribution >= 4 is 15.8 Å². The quantitative estimate of drug-likeness (QED) is 0.516. The largest absolute Gasteiger partial charge is 0.497 e. The SMILES string of the molecule is CCNC(=NCCS(=O)(=O)C(C)(C)C)NC(C)c1cc(OC)ccc1OC. The molecule has 1 rings (SSSR count). The summed E-state index contributed by atoms with van der Waals surface area (Å²) in [5.41, 5.74) is 0.921. The monoisotopic (exact) mass is 399 g/mol. The summed E-state index contributed by atoms with van der Waals surface area (Å²) in [6.07, 6.45) is 0. The average Bonchev–Trinajstić information content (AvgIpc) is 2.60. The lowest BCUT2D eigenvalue weighted by atomic mass is 10.1. The van der Waals surface area contributed by atoms with Gasteiger partial charge >= 0.3 is 0 Å². The summed E-state index contributed by atoms with van der Waals surface area (Å²) in [6, 6.07) is 5.48. The molecule has 1 aromatic carbocycles. The van der Waals surface area contributed by atoms with E-state index < -0.39 is 14.6 Å². The molecule has 0 amide bonds. The predicted molar refractivity (Wildman–Crippen MR) is 111 cm³/mol. The topological polar surface area (TPSA) is 89.0 Å². The second kappa shape index (κ2) is 9.82. The van der Waals surface area contributed by atoms with Crippen LogP contribution in [0, 0.1) is 0 Å². The van der Waals surface area contributed by atoms with Crippen LogP contribution in [0.1, 0.15) is 46.2 Å². The Morgan fingerprint density at radius 1 is 1.22 bits per heavy atom. The number of rotatable bonds is 8. The fraction of sp³-hybridized carbons (Fsp3) is 0.632. The van der Waals surface area contributed by atoms with Gasteiger partial charge in [0.05, 0.1) is 37.3 Å². The van der Waals surface area contributed by atoms with Crippen LogP contribution in [-0.2, 0) is 9.84 Å². The smallest absolute Gasteiger partial charge is 0.191 e. The van der Waals surface area contributed by atoms with Gasteiger partial charge in [-0.2, -0.15) is 0 Å². The van der Waals surface area contributed by atoms with Crippen molar-refractivity contribution in [3.05, 3.63) is 23.8 Å². The van der Waals surface area contributed by atoms with Gasteiger partial charge in [-0.1, -0.05) is 0 Å². The Balaban J connectivity index is 2.93. The summed E-state index contributed by atoms with van der Waals surface area (Å²) in [7, 11) is 0.0278. The maximum atomic E-state index is 12.2. The molecule has 27 heavy (non-hydrogen) atoms. The lowest BCUT2D eigenvalue weighted by Gasteiger charge is -2.21. The molecule has 0 heterocycles. The standard InChI is InChI=1S/C19H33N3O4S/c1-8-20-18(21-11-12-27(23,24)19(3,4)5)22-14(2)16-13-15(25-6)9-10-17(16)26-7/h9-10,13-14H,8,11-12H2,1-7H3,(H2,20,21,22). The van der Waals surface area contributed by atoms with Crippen LogP contribution >= 0.6 is 0 Å². The van der Waals surface area contributed by atoms with E-state index in [1.807, 2.05) is 32.0 Å². The zero-order valence-corrected chi connectivity index (χ0v) is 18.2. The summed E-state index contributed by atoms with van der Waals surface area (Å²) < 4.78 is 34.4. The zero-order valence-electron chi connectivity index (χ0n) is 17.4. The molecule has 0 aliphatic rings. The van der Waals surface area contributed by atoms with Crippen molar-refractivity contribution in [2.24, 2.45) is 4.99 Å². The van der Waals surface area contributed by atoms with Crippen LogP contribution < -0.4 is 20.1 Å². The summed E-state index contributed by atoms with van der Waals surface area (Å²) >= 11 is 0. The van der Waals surface area contributed by atoms with Crippen molar-refractivity contribution in [2.75, 3.05) is 33.1 Å². The van der Waals surface area contributed by atoms with Crippen LogP contribution in [0.2, 0.25) is 0 Å². The molecule has 0 saturated heterocycles. The number of aliphatic imine (C=N–C) groups is 1. The second-order valence-corrected chi connectivity index (χ2v) is 10.0. The number of nitrogens with one attached hydrogen (secondary N) is 2. The van der Waals surface area contributed by atoms with Gasteiger partial charge in [0.25, 0.3) is 0 Å². The molecule has 0 aromatic heterocycles. The third-order valence-electron chi connectivity index (χ3n) is 4.16. The van der Waals surface area contributed by atoms with Crippen LogP contribution in [0.25, 0.3) is 0 Å². The molecule has 0 spiro atoms. The van der Waals surface area contributed by atoms with Crippen LogP contribution in [0.15, 0.2) is 23.2 Å². The highest BCUT2D eigenvalue weighted by Gasteiger charge is 2.28. The predicted octanol–water partition coefficient (Wildman–Crippen LogP) is 2.53. The second-order valence-electron chi connectivity index (χ2n) is 7.17. The molecule has 1 aromatic rings. The first kappa shape index (κ1) is 23.1. The Bertz CT molecular complexity index is 740. The molecular weight excluding hydrogens is 366 g/mol. The first-order valence-corrected chi connectivity index (χ1v) is 10.7. The minimum Gasteiger partial charge on any atom is -0.497 e. The van der Waals surface area contributed by atoms with Crippen molar-refractivity contribution < 1.29 is 17.9 Å². The average molecular weight is 400 g/mol. The van der Waals surface area contributed by atoms with E-state index in [1.165, 1.54) is 0 Å². The van der Waals surface area contributed by atoms with Crippen molar-refractivity contribution in [1.82, 2.24) is 10.6 Å². The Morgan fingerprint density at radius 2 is 1.89 bits per heavy atom. The molecule has 0 bridgehead atoms. The third-order valence-corrected chi connectivity index (χ3v) is 6.75. The summed E-state index contributed by atoms with van der Waals surface area (Å²) in [5, 5.41) is 6.44. The third kappa shape index (κ3) is 6.61. The van der Waals surface area contributed by atoms with E-state index in [2.05, 4.69) is 15.6 Å². The van der Waals surface area contributed by atoms with Crippen LogP contribution in [0.5, 0.6) is 11.5 Å². The maximum absolute atomic E-state index is 12.2. The molecule has 7 nitrogen and oxygen atoms in total. The normalized spacial score (nSPS) is 13.8. The van der Waals surface area contributed by atoms with Crippen molar-refractivity contribution in [1.29, 1.82) is 0 Å². The number of ether oxygens (including phenoxy) is 2. The zero-order chi connectivity index (χ0) is 20.7. The number of hydrogen-bond acceptors (Lipinski definition) is 5. The molecule has 0 aliphatic heterocycles. The Morgan fingerprint density at radius 3 is 2.41 bits per heavy atom. The fourth-order valence-corrected chi connectivity index (χ4v) is 3.31. The van der Waals surface area contributed by atoms with Gasteiger partial charge in [0, 0.05) is 12.1 Å². The molecule has 0 aliphatic carbocycles. The lowest BCUT2D eigenvalue weighted by molar-refractivity contribution is 0.394. The van der Waals surface area contributed by atoms with Crippen LogP contribution in [0.3, 0.4) is 0 Å². The minimum absolute atomic E-state index is 0.00390. The Hall–Kier alpha value is -1.96. The first-order valence-electron chi connectivity index (χ1n) is 9.04. The fourth-order valence-electron chi connectivity index (χ4n) is 2.36.